The largest absolute Gasteiger partial charge is 0.496 e. The van der Waals surface area contributed by atoms with Gasteiger partial charge in [-0.3, -0.25) is 4.57 Å². The van der Waals surface area contributed by atoms with Gasteiger partial charge in [0.25, 0.3) is 7.44 Å². The van der Waals surface area contributed by atoms with Crippen LogP contribution in [0.1, 0.15) is 18.4 Å². The molecule has 32 heavy (non-hydrogen) atoms. The maximum atomic E-state index is 15.1. The lowest BCUT2D eigenvalue weighted by Gasteiger charge is -2.33. The van der Waals surface area contributed by atoms with Crippen molar-refractivity contribution in [2.24, 2.45) is 0 Å². The van der Waals surface area contributed by atoms with Crippen LogP contribution in [0.2, 0.25) is 0 Å². The van der Waals surface area contributed by atoms with Gasteiger partial charge in [-0.15, -0.1) is 0 Å². The average molecular weight is 560 g/mol. The minimum absolute atomic E-state index is 0.273. The Kier molecular flexibility index (Phi) is 6.19. The van der Waals surface area contributed by atoms with Gasteiger partial charge in [0, 0.05) is 28.4 Å². The zero-order valence-corrected chi connectivity index (χ0v) is 21.0. The lowest BCUT2D eigenvalue weighted by Crippen LogP contribution is -2.29. The van der Waals surface area contributed by atoms with Gasteiger partial charge in [0.05, 0.1) is 7.11 Å². The molecular weight excluding hydrogens is 534 g/mol. The molecule has 0 radical (unpaired) electrons. The molecule has 0 saturated carbocycles. The van der Waals surface area contributed by atoms with E-state index in [0.717, 1.165) is 37.2 Å². The molecule has 0 N–H and O–H groups in total. The topological polar surface area (TPSA) is 42.0 Å². The van der Waals surface area contributed by atoms with Crippen LogP contribution in [0.25, 0.3) is 0 Å². The van der Waals surface area contributed by atoms with Crippen molar-refractivity contribution in [3.8, 4) is 11.5 Å². The first kappa shape index (κ1) is 21.8. The van der Waals surface area contributed by atoms with E-state index in [1.807, 2.05) is 48.5 Å². The standard InChI is InChI=1S/C25H26IN2O3P/c1-30-23-10-5-11-24(31-18-19-12-14-20(26)15-13-19)25(23)32(29)27-16-6-9-22(27)17-28(32)21-7-3-2-4-8-21/h2-5,7-8,10-15,22H,6,9,16-18H2,1H3/t22-,32-/m0/s1. The molecule has 0 bridgehead atoms. The summed E-state index contributed by atoms with van der Waals surface area (Å²) >= 11 is 2.30. The highest BCUT2D eigenvalue weighted by Crippen LogP contribution is 2.64. The number of halogens is 1. The first-order valence-corrected chi connectivity index (χ1v) is 13.6. The quantitative estimate of drug-likeness (QED) is 0.287. The highest BCUT2D eigenvalue weighted by atomic mass is 127. The number of ether oxygens (including phenoxy) is 2. The third-order valence-corrected chi connectivity index (χ3v) is 10.3. The molecule has 166 valence electrons. The van der Waals surface area contributed by atoms with Crippen LogP contribution >= 0.6 is 30.0 Å². The minimum Gasteiger partial charge on any atom is -0.496 e. The number of rotatable bonds is 6. The van der Waals surface area contributed by atoms with E-state index in [9.17, 15) is 0 Å². The molecule has 0 aromatic heterocycles. The first-order chi connectivity index (χ1) is 15.6. The number of methoxy groups -OCH3 is 1. The molecule has 0 aliphatic carbocycles. The summed E-state index contributed by atoms with van der Waals surface area (Å²) in [5, 5.41) is 0.668. The number of hydrogen-bond donors (Lipinski definition) is 0. The molecule has 0 spiro atoms. The van der Waals surface area contributed by atoms with E-state index < -0.39 is 7.44 Å². The minimum atomic E-state index is -3.16. The van der Waals surface area contributed by atoms with Crippen LogP contribution in [-0.4, -0.2) is 30.9 Å². The lowest BCUT2D eigenvalue weighted by atomic mass is 10.2. The highest BCUT2D eigenvalue weighted by Gasteiger charge is 2.54. The predicted octanol–water partition coefficient (Wildman–Crippen LogP) is 5.68. The van der Waals surface area contributed by atoms with Gasteiger partial charge in [0.2, 0.25) is 0 Å². The van der Waals surface area contributed by atoms with Crippen molar-refractivity contribution in [2.75, 3.05) is 24.9 Å². The highest BCUT2D eigenvalue weighted by molar-refractivity contribution is 14.1. The van der Waals surface area contributed by atoms with E-state index in [4.69, 9.17) is 9.47 Å². The molecule has 2 atom stereocenters. The molecular formula is C25H26IN2O3P. The number of para-hydroxylation sites is 1. The Morgan fingerprint density at radius 1 is 1.00 bits per heavy atom. The van der Waals surface area contributed by atoms with Crippen LogP contribution in [0.3, 0.4) is 0 Å². The van der Waals surface area contributed by atoms with Crippen molar-refractivity contribution in [2.45, 2.75) is 25.5 Å². The van der Waals surface area contributed by atoms with E-state index in [2.05, 4.69) is 56.2 Å². The van der Waals surface area contributed by atoms with E-state index >= 15 is 4.57 Å². The zero-order valence-electron chi connectivity index (χ0n) is 18.0. The van der Waals surface area contributed by atoms with Crippen LogP contribution < -0.4 is 19.4 Å². The summed E-state index contributed by atoms with van der Waals surface area (Å²) in [6, 6.07) is 24.3. The Labute approximate surface area is 202 Å². The van der Waals surface area contributed by atoms with Gasteiger partial charge in [-0.25, -0.2) is 4.67 Å². The molecule has 5 nitrogen and oxygen atoms in total. The van der Waals surface area contributed by atoms with E-state index in [0.29, 0.717) is 23.4 Å². The fraction of sp³-hybridized carbons (Fsp3) is 0.280. The van der Waals surface area contributed by atoms with Crippen molar-refractivity contribution in [3.63, 3.8) is 0 Å². The Bertz CT molecular complexity index is 1140. The van der Waals surface area contributed by atoms with E-state index in [1.165, 1.54) is 3.57 Å². The monoisotopic (exact) mass is 560 g/mol. The van der Waals surface area contributed by atoms with Gasteiger partial charge in [0.1, 0.15) is 23.4 Å². The summed E-state index contributed by atoms with van der Waals surface area (Å²) in [5.74, 6) is 1.24. The summed E-state index contributed by atoms with van der Waals surface area (Å²) in [5.41, 5.74) is 2.04. The number of hydrogen-bond acceptors (Lipinski definition) is 3. The molecule has 2 fully saturated rings. The fourth-order valence-corrected chi connectivity index (χ4v) is 8.65. The molecule has 2 aliphatic rings. The summed E-state index contributed by atoms with van der Waals surface area (Å²) in [6.45, 7) is 1.97. The Morgan fingerprint density at radius 2 is 1.75 bits per heavy atom. The lowest BCUT2D eigenvalue weighted by molar-refractivity contribution is 0.306. The number of anilines is 1. The number of benzene rings is 3. The average Bonchev–Trinajstić information content (AvgIpc) is 3.41. The second-order valence-electron chi connectivity index (χ2n) is 8.14. The molecule has 0 unspecified atom stereocenters. The molecule has 2 aliphatic heterocycles. The molecule has 5 rings (SSSR count). The van der Waals surface area contributed by atoms with Gasteiger partial charge in [-0.1, -0.05) is 36.4 Å². The van der Waals surface area contributed by atoms with Crippen molar-refractivity contribution in [3.05, 3.63) is 81.9 Å². The van der Waals surface area contributed by atoms with Crippen molar-refractivity contribution in [1.29, 1.82) is 0 Å². The van der Waals surface area contributed by atoms with Crippen LogP contribution in [-0.2, 0) is 11.2 Å². The molecule has 3 aromatic carbocycles. The summed E-state index contributed by atoms with van der Waals surface area (Å²) in [6.07, 6.45) is 2.12. The summed E-state index contributed by atoms with van der Waals surface area (Å²) < 4.78 is 32.6. The second-order valence-corrected chi connectivity index (χ2v) is 11.9. The van der Waals surface area contributed by atoms with Crippen molar-refractivity contribution < 1.29 is 14.0 Å². The van der Waals surface area contributed by atoms with Crippen LogP contribution in [0.5, 0.6) is 11.5 Å². The van der Waals surface area contributed by atoms with Gasteiger partial charge in [0.15, 0.2) is 0 Å². The SMILES string of the molecule is COc1cccc(OCc2ccc(I)cc2)c1[P@@]1(=O)N(c2ccccc2)C[C@@H]2CCCN21. The van der Waals surface area contributed by atoms with Crippen LogP contribution in [0.15, 0.2) is 72.8 Å². The molecule has 0 amide bonds. The zero-order chi connectivity index (χ0) is 22.1. The third-order valence-electron chi connectivity index (χ3n) is 6.24. The Morgan fingerprint density at radius 3 is 2.50 bits per heavy atom. The second kappa shape index (κ2) is 9.08. The molecule has 2 saturated heterocycles. The smallest absolute Gasteiger partial charge is 0.276 e. The number of nitrogens with zero attached hydrogens (tertiary/aromatic N) is 2. The summed E-state index contributed by atoms with van der Waals surface area (Å²) in [4.78, 5) is 0. The fourth-order valence-electron chi connectivity index (χ4n) is 4.74. The maximum absolute atomic E-state index is 15.1. The maximum Gasteiger partial charge on any atom is 0.276 e. The predicted molar refractivity (Wildman–Crippen MR) is 137 cm³/mol. The van der Waals surface area contributed by atoms with E-state index in [1.54, 1.807) is 7.11 Å². The van der Waals surface area contributed by atoms with Crippen molar-refractivity contribution >= 4 is 41.0 Å². The third kappa shape index (κ3) is 3.82. The molecule has 3 aromatic rings. The van der Waals surface area contributed by atoms with Gasteiger partial charge in [-0.05, 0) is 77.4 Å². The van der Waals surface area contributed by atoms with Crippen molar-refractivity contribution in [1.82, 2.24) is 4.67 Å². The number of fused-ring (bicyclic) bond motifs is 1. The summed E-state index contributed by atoms with van der Waals surface area (Å²) in [7, 11) is -1.53. The van der Waals surface area contributed by atoms with Crippen LogP contribution in [0, 0.1) is 3.57 Å². The Balaban J connectivity index is 1.59. The normalized spacial score (nSPS) is 22.7. The molecule has 2 heterocycles. The first-order valence-electron chi connectivity index (χ1n) is 10.9. The van der Waals surface area contributed by atoms with Gasteiger partial charge in [-0.2, -0.15) is 0 Å². The molecule has 7 heteroatoms. The van der Waals surface area contributed by atoms with E-state index in [-0.39, 0.29) is 6.04 Å². The van der Waals surface area contributed by atoms with Crippen LogP contribution in [0.4, 0.5) is 5.69 Å². The van der Waals surface area contributed by atoms with Gasteiger partial charge < -0.3 is 14.1 Å². The van der Waals surface area contributed by atoms with Gasteiger partial charge >= 0.3 is 0 Å². The Hall–Kier alpha value is -2.02.